The summed E-state index contributed by atoms with van der Waals surface area (Å²) in [6, 6.07) is 21.2. The summed E-state index contributed by atoms with van der Waals surface area (Å²) in [6.07, 6.45) is 0.592. The summed E-state index contributed by atoms with van der Waals surface area (Å²) in [5.41, 5.74) is 13.9. The highest BCUT2D eigenvalue weighted by atomic mass is 32.2. The fraction of sp³-hybridized carbons (Fsp3) is 0.308. The topological polar surface area (TPSA) is 169 Å². The molecule has 1 heterocycles. The fourth-order valence-corrected chi connectivity index (χ4v) is 8.47. The number of carboxylic acids is 1. The molecule has 5 N–H and O–H groups in total. The maximum atomic E-state index is 13.5. The molecular formula is C39H42N4O7S. The summed E-state index contributed by atoms with van der Waals surface area (Å²) in [7, 11) is -4.18. The summed E-state index contributed by atoms with van der Waals surface area (Å²) < 4.78 is 42.8. The number of guanidine groups is 1. The maximum Gasteiger partial charge on any atom is 0.407 e. The van der Waals surface area contributed by atoms with E-state index >= 15 is 0 Å². The molecule has 6 rings (SSSR count). The molecule has 2 aliphatic rings. The van der Waals surface area contributed by atoms with Gasteiger partial charge in [0.25, 0.3) is 10.0 Å². The predicted octanol–water partition coefficient (Wildman–Crippen LogP) is 6.37. The summed E-state index contributed by atoms with van der Waals surface area (Å²) in [6.45, 7) is 9.45. The molecule has 4 aromatic rings. The van der Waals surface area contributed by atoms with Gasteiger partial charge < -0.3 is 30.9 Å². The molecule has 0 bridgehead atoms. The Balaban J connectivity index is 1.09. The number of nitrogens with one attached hydrogen (secondary N) is 2. The Morgan fingerprint density at radius 2 is 1.57 bits per heavy atom. The number of alkyl carbamates (subject to hydrolysis) is 1. The van der Waals surface area contributed by atoms with Crippen LogP contribution in [0.15, 0.2) is 82.1 Å². The Morgan fingerprint density at radius 3 is 2.18 bits per heavy atom. The number of nitrogens with two attached hydrogens (primary N) is 1. The minimum atomic E-state index is -4.18. The molecule has 0 aromatic heterocycles. The summed E-state index contributed by atoms with van der Waals surface area (Å²) >= 11 is 0. The molecule has 0 saturated heterocycles. The minimum absolute atomic E-state index is 0.0190. The number of carboxylic acid groups (broad SMARTS) is 1. The number of rotatable bonds is 9. The minimum Gasteiger partial charge on any atom is -0.487 e. The van der Waals surface area contributed by atoms with Crippen LogP contribution in [0.1, 0.15) is 65.1 Å². The zero-order valence-electron chi connectivity index (χ0n) is 29.2. The lowest BCUT2D eigenvalue weighted by atomic mass is 9.88. The van der Waals surface area contributed by atoms with Crippen molar-refractivity contribution in [3.05, 3.63) is 112 Å². The van der Waals surface area contributed by atoms with Crippen LogP contribution in [-0.4, -0.2) is 49.8 Å². The molecular weight excluding hydrogens is 669 g/mol. The molecule has 1 atom stereocenters. The first-order chi connectivity index (χ1) is 24.1. The van der Waals surface area contributed by atoms with Crippen molar-refractivity contribution in [3.8, 4) is 16.9 Å². The van der Waals surface area contributed by atoms with Crippen molar-refractivity contribution in [2.75, 3.05) is 11.9 Å². The molecule has 0 saturated carbocycles. The van der Waals surface area contributed by atoms with Crippen molar-refractivity contribution in [1.82, 2.24) is 5.32 Å². The molecule has 0 spiro atoms. The van der Waals surface area contributed by atoms with Gasteiger partial charge in [-0.3, -0.25) is 0 Å². The van der Waals surface area contributed by atoms with Gasteiger partial charge in [0.1, 0.15) is 24.0 Å². The van der Waals surface area contributed by atoms with E-state index in [9.17, 15) is 23.1 Å². The van der Waals surface area contributed by atoms with Gasteiger partial charge in [-0.05, 0) is 110 Å². The summed E-state index contributed by atoms with van der Waals surface area (Å²) in [5, 5.41) is 15.1. The second-order valence-electron chi connectivity index (χ2n) is 13.7. The van der Waals surface area contributed by atoms with E-state index in [1.165, 1.54) is 0 Å². The number of sulfonamides is 1. The second-order valence-corrected chi connectivity index (χ2v) is 15.3. The Bertz CT molecular complexity index is 2120. The lowest BCUT2D eigenvalue weighted by molar-refractivity contribution is -0.139. The Labute approximate surface area is 298 Å². The van der Waals surface area contributed by atoms with Crippen LogP contribution < -0.4 is 21.1 Å². The first kappa shape index (κ1) is 35.5. The number of carbonyl (C=O) groups excluding carboxylic acids is 1. The smallest absolute Gasteiger partial charge is 0.407 e. The lowest BCUT2D eigenvalue weighted by Crippen LogP contribution is -2.42. The Kier molecular flexibility index (Phi) is 9.56. The van der Waals surface area contributed by atoms with E-state index in [4.69, 9.17) is 15.2 Å². The van der Waals surface area contributed by atoms with Gasteiger partial charge in [0.15, 0.2) is 0 Å². The normalized spacial score (nSPS) is 15.5. The number of hydrogen-bond acceptors (Lipinski definition) is 6. The van der Waals surface area contributed by atoms with Crippen molar-refractivity contribution in [2.24, 2.45) is 10.1 Å². The average molecular weight is 711 g/mol. The maximum absolute atomic E-state index is 13.5. The third-order valence-corrected chi connectivity index (χ3v) is 11.3. The van der Waals surface area contributed by atoms with Gasteiger partial charge in [-0.25, -0.2) is 9.59 Å². The predicted molar refractivity (Wildman–Crippen MR) is 196 cm³/mol. The molecule has 266 valence electrons. The number of anilines is 1. The van der Waals surface area contributed by atoms with Crippen LogP contribution in [0.5, 0.6) is 5.75 Å². The first-order valence-corrected chi connectivity index (χ1v) is 18.2. The number of hydrogen-bond donors (Lipinski definition) is 4. The molecule has 51 heavy (non-hydrogen) atoms. The number of amides is 1. The lowest BCUT2D eigenvalue weighted by Gasteiger charge is -2.35. The van der Waals surface area contributed by atoms with E-state index in [-0.39, 0.29) is 35.4 Å². The van der Waals surface area contributed by atoms with Crippen LogP contribution in [0.4, 0.5) is 10.5 Å². The highest BCUT2D eigenvalue weighted by molar-refractivity contribution is 7.90. The highest BCUT2D eigenvalue weighted by Gasteiger charge is 2.34. The summed E-state index contributed by atoms with van der Waals surface area (Å²) in [5.74, 6) is -0.968. The SMILES string of the molecule is Cc1c(C)c(S(=O)(=O)/N=C(\N)Nc2ccc(C[C@@H](NC(=O)OCC3c4ccccc4-c4ccccc43)C(=O)O)cc2)c(C)c2c1OC(C)(C)CC2. The van der Waals surface area contributed by atoms with E-state index in [0.29, 0.717) is 28.8 Å². The van der Waals surface area contributed by atoms with Gasteiger partial charge in [0.05, 0.1) is 4.90 Å². The van der Waals surface area contributed by atoms with Gasteiger partial charge in [-0.1, -0.05) is 60.7 Å². The largest absolute Gasteiger partial charge is 0.487 e. The van der Waals surface area contributed by atoms with Gasteiger partial charge in [0.2, 0.25) is 5.96 Å². The Hall–Kier alpha value is -5.36. The van der Waals surface area contributed by atoms with Gasteiger partial charge in [-0.2, -0.15) is 8.42 Å². The van der Waals surface area contributed by atoms with E-state index in [0.717, 1.165) is 45.6 Å². The molecule has 1 amide bonds. The van der Waals surface area contributed by atoms with E-state index in [1.54, 1.807) is 38.1 Å². The van der Waals surface area contributed by atoms with E-state index < -0.39 is 28.1 Å². The van der Waals surface area contributed by atoms with Crippen LogP contribution in [0, 0.1) is 20.8 Å². The standard InChI is InChI=1S/C39H42N4O7S/c1-22-23(2)35(24(3)27-18-19-39(4,5)50-34(22)27)51(47,48)43-37(40)41-26-16-14-25(15-17-26)20-33(36(44)45)42-38(46)49-21-32-30-12-8-6-10-28(30)29-11-7-9-13-31(29)32/h6-17,32-33H,18-21H2,1-5H3,(H,42,46)(H,44,45)(H3,40,41,43)/t33-/m1/s1. The van der Waals surface area contributed by atoms with E-state index in [2.05, 4.69) is 15.0 Å². The third kappa shape index (κ3) is 7.27. The average Bonchev–Trinajstić information content (AvgIpc) is 3.39. The van der Waals surface area contributed by atoms with Crippen molar-refractivity contribution in [3.63, 3.8) is 0 Å². The zero-order valence-corrected chi connectivity index (χ0v) is 30.1. The summed E-state index contributed by atoms with van der Waals surface area (Å²) in [4.78, 5) is 25.0. The molecule has 11 nitrogen and oxygen atoms in total. The van der Waals surface area contributed by atoms with Gasteiger partial charge >= 0.3 is 12.1 Å². The third-order valence-electron chi connectivity index (χ3n) is 9.74. The molecule has 0 radical (unpaired) electrons. The van der Waals surface area contributed by atoms with Crippen LogP contribution >= 0.6 is 0 Å². The molecule has 1 aliphatic heterocycles. The van der Waals surface area contributed by atoms with Crippen LogP contribution in [0.3, 0.4) is 0 Å². The fourth-order valence-electron chi connectivity index (χ4n) is 7.02. The van der Waals surface area contributed by atoms with Crippen molar-refractivity contribution in [2.45, 2.75) is 76.3 Å². The molecule has 12 heteroatoms. The number of carbonyl (C=O) groups is 2. The monoisotopic (exact) mass is 710 g/mol. The Morgan fingerprint density at radius 1 is 0.961 bits per heavy atom. The van der Waals surface area contributed by atoms with E-state index in [1.807, 2.05) is 69.3 Å². The van der Waals surface area contributed by atoms with Crippen molar-refractivity contribution >= 4 is 33.7 Å². The molecule has 0 unspecified atom stereocenters. The molecule has 4 aromatic carbocycles. The van der Waals surface area contributed by atoms with Crippen molar-refractivity contribution in [1.29, 1.82) is 0 Å². The number of benzene rings is 4. The number of ether oxygens (including phenoxy) is 2. The second kappa shape index (κ2) is 13.7. The quantitative estimate of drug-likeness (QED) is 0.114. The number of nitrogens with zero attached hydrogens (tertiary/aromatic N) is 1. The molecule has 0 fully saturated rings. The zero-order chi connectivity index (χ0) is 36.7. The molecule has 1 aliphatic carbocycles. The van der Waals surface area contributed by atoms with Crippen LogP contribution in [0.25, 0.3) is 11.1 Å². The van der Waals surface area contributed by atoms with Gasteiger partial charge in [0, 0.05) is 18.0 Å². The van der Waals surface area contributed by atoms with Gasteiger partial charge in [-0.15, -0.1) is 4.40 Å². The first-order valence-electron chi connectivity index (χ1n) is 16.8. The van der Waals surface area contributed by atoms with Crippen molar-refractivity contribution < 1.29 is 32.6 Å². The number of aliphatic carboxylic acids is 1. The van der Waals surface area contributed by atoms with Crippen LogP contribution in [-0.2, 0) is 32.4 Å². The van der Waals surface area contributed by atoms with Crippen LogP contribution in [0.2, 0.25) is 0 Å². The highest BCUT2D eigenvalue weighted by Crippen LogP contribution is 2.45. The number of fused-ring (bicyclic) bond motifs is 4.